The summed E-state index contributed by atoms with van der Waals surface area (Å²) in [6.07, 6.45) is 1.19. The number of nitrogens with zero attached hydrogens (tertiary/aromatic N) is 2. The van der Waals surface area contributed by atoms with Gasteiger partial charge in [0.25, 0.3) is 5.91 Å². The summed E-state index contributed by atoms with van der Waals surface area (Å²) in [7, 11) is 0. The van der Waals surface area contributed by atoms with E-state index in [1.165, 1.54) is 24.4 Å². The summed E-state index contributed by atoms with van der Waals surface area (Å²) in [5.74, 6) is -1.43. The zero-order chi connectivity index (χ0) is 15.4. The van der Waals surface area contributed by atoms with Crippen molar-refractivity contribution in [2.24, 2.45) is 0 Å². The summed E-state index contributed by atoms with van der Waals surface area (Å²) < 4.78 is 0. The molecule has 0 aliphatic rings. The van der Waals surface area contributed by atoms with E-state index < -0.39 is 11.9 Å². The first-order valence-corrected chi connectivity index (χ1v) is 6.51. The summed E-state index contributed by atoms with van der Waals surface area (Å²) in [6, 6.07) is 5.99. The van der Waals surface area contributed by atoms with Gasteiger partial charge in [0.1, 0.15) is 10.3 Å². The van der Waals surface area contributed by atoms with Gasteiger partial charge >= 0.3 is 5.97 Å². The minimum atomic E-state index is -0.974. The Hall–Kier alpha value is -2.18. The Morgan fingerprint density at radius 3 is 2.52 bits per heavy atom. The number of amides is 1. The number of pyridine rings is 2. The van der Waals surface area contributed by atoms with Gasteiger partial charge in [-0.1, -0.05) is 23.2 Å². The van der Waals surface area contributed by atoms with E-state index in [1.807, 2.05) is 0 Å². The molecule has 6 nitrogen and oxygen atoms in total. The van der Waals surface area contributed by atoms with Crippen molar-refractivity contribution in [3.63, 3.8) is 0 Å². The van der Waals surface area contributed by atoms with E-state index in [-0.39, 0.29) is 22.3 Å². The Morgan fingerprint density at radius 1 is 1.19 bits per heavy atom. The lowest BCUT2D eigenvalue weighted by Gasteiger charge is -2.06. The van der Waals surface area contributed by atoms with Crippen molar-refractivity contribution in [3.05, 3.63) is 52.0 Å². The van der Waals surface area contributed by atoms with Gasteiger partial charge in [0, 0.05) is 0 Å². The molecule has 0 radical (unpaired) electrons. The second-order valence-corrected chi connectivity index (χ2v) is 4.78. The first kappa shape index (κ1) is 15.2. The van der Waals surface area contributed by atoms with Crippen LogP contribution in [0.4, 0.5) is 5.69 Å². The number of carbonyl (C=O) groups excluding carboxylic acids is 1. The summed E-state index contributed by atoms with van der Waals surface area (Å²) in [5, 5.41) is 11.4. The van der Waals surface area contributed by atoms with Crippen molar-refractivity contribution < 1.29 is 14.7 Å². The van der Waals surface area contributed by atoms with Crippen LogP contribution in [0, 0.1) is 0 Å². The molecule has 2 rings (SSSR count). The second kappa shape index (κ2) is 6.51. The van der Waals surface area contributed by atoms with E-state index >= 15 is 0 Å². The van der Waals surface area contributed by atoms with Crippen molar-refractivity contribution in [2.45, 2.75) is 6.42 Å². The highest BCUT2D eigenvalue weighted by Gasteiger charge is 2.12. The number of hydrogen-bond donors (Lipinski definition) is 2. The van der Waals surface area contributed by atoms with E-state index in [2.05, 4.69) is 15.3 Å². The number of nitrogens with one attached hydrogen (secondary N) is 1. The molecule has 0 unspecified atom stereocenters. The first-order chi connectivity index (χ1) is 9.95. The van der Waals surface area contributed by atoms with Gasteiger partial charge in [-0.15, -0.1) is 0 Å². The molecule has 0 fully saturated rings. The largest absolute Gasteiger partial charge is 0.481 e. The average Bonchev–Trinajstić information content (AvgIpc) is 2.40. The number of carboxylic acids is 1. The van der Waals surface area contributed by atoms with Crippen molar-refractivity contribution >= 4 is 40.8 Å². The maximum Gasteiger partial charge on any atom is 0.309 e. The number of aliphatic carboxylic acids is 1. The van der Waals surface area contributed by atoms with Crippen molar-refractivity contribution in [3.8, 4) is 0 Å². The van der Waals surface area contributed by atoms with Crippen LogP contribution in [-0.2, 0) is 11.2 Å². The Bertz CT molecular complexity index is 690. The summed E-state index contributed by atoms with van der Waals surface area (Å²) in [4.78, 5) is 30.3. The highest BCUT2D eigenvalue weighted by atomic mass is 35.5. The maximum atomic E-state index is 12.0. The third-order valence-electron chi connectivity index (χ3n) is 2.47. The first-order valence-electron chi connectivity index (χ1n) is 5.76. The number of rotatable bonds is 4. The molecule has 2 heterocycles. The quantitative estimate of drug-likeness (QED) is 0.843. The van der Waals surface area contributed by atoms with Crippen molar-refractivity contribution in [1.82, 2.24) is 9.97 Å². The number of hydrogen-bond acceptors (Lipinski definition) is 4. The van der Waals surface area contributed by atoms with Crippen molar-refractivity contribution in [2.75, 3.05) is 5.32 Å². The maximum absolute atomic E-state index is 12.0. The molecule has 2 aromatic rings. The predicted molar refractivity (Wildman–Crippen MR) is 77.8 cm³/mol. The predicted octanol–water partition coefficient (Wildman–Crippen LogP) is 2.66. The Labute approximate surface area is 129 Å². The lowest BCUT2D eigenvalue weighted by Crippen LogP contribution is -2.13. The molecule has 2 N–H and O–H groups in total. The number of carbonyl (C=O) groups is 2. The Morgan fingerprint density at radius 2 is 1.95 bits per heavy atom. The van der Waals surface area contributed by atoms with Crippen LogP contribution in [0.25, 0.3) is 0 Å². The molecule has 21 heavy (non-hydrogen) atoms. The fourth-order valence-corrected chi connectivity index (χ4v) is 1.97. The van der Waals surface area contributed by atoms with Gasteiger partial charge in [0.15, 0.2) is 0 Å². The molecule has 0 aliphatic carbocycles. The molecule has 0 aliphatic heterocycles. The van der Waals surface area contributed by atoms with Gasteiger partial charge < -0.3 is 10.4 Å². The molecule has 2 aromatic heterocycles. The SMILES string of the molecule is O=C(O)Cc1ccc(NC(=O)c2ccc(Cl)nc2Cl)cn1. The number of halogens is 2. The van der Waals surface area contributed by atoms with Crippen LogP contribution in [0.15, 0.2) is 30.5 Å². The number of carboxylic acid groups (broad SMARTS) is 1. The van der Waals surface area contributed by atoms with Crippen LogP contribution in [0.2, 0.25) is 10.3 Å². The standard InChI is InChI=1S/C13H9Cl2N3O3/c14-10-4-3-9(12(15)18-10)13(21)17-8-2-1-7(16-6-8)5-11(19)20/h1-4,6H,5H2,(H,17,21)(H,19,20). The number of aromatic nitrogens is 2. The van der Waals surface area contributed by atoms with Gasteiger partial charge in [0.2, 0.25) is 0 Å². The lowest BCUT2D eigenvalue weighted by atomic mass is 10.2. The molecular formula is C13H9Cl2N3O3. The number of anilines is 1. The molecule has 0 bridgehead atoms. The van der Waals surface area contributed by atoms with Crippen LogP contribution in [0.3, 0.4) is 0 Å². The molecule has 0 saturated heterocycles. The summed E-state index contributed by atoms with van der Waals surface area (Å²) >= 11 is 11.5. The Balaban J connectivity index is 2.10. The lowest BCUT2D eigenvalue weighted by molar-refractivity contribution is -0.136. The normalized spacial score (nSPS) is 10.2. The van der Waals surface area contributed by atoms with Gasteiger partial charge in [0.05, 0.1) is 29.6 Å². The molecule has 0 atom stereocenters. The van der Waals surface area contributed by atoms with Crippen LogP contribution < -0.4 is 5.32 Å². The highest BCUT2D eigenvalue weighted by Crippen LogP contribution is 2.18. The summed E-state index contributed by atoms with van der Waals surface area (Å²) in [5.41, 5.74) is 0.988. The Kier molecular flexibility index (Phi) is 4.72. The zero-order valence-corrected chi connectivity index (χ0v) is 12.0. The highest BCUT2D eigenvalue weighted by molar-refractivity contribution is 6.35. The van der Waals surface area contributed by atoms with Crippen LogP contribution >= 0.6 is 23.2 Å². The van der Waals surface area contributed by atoms with E-state index in [0.717, 1.165) is 0 Å². The molecule has 0 spiro atoms. The third kappa shape index (κ3) is 4.14. The van der Waals surface area contributed by atoms with Gasteiger partial charge in [-0.05, 0) is 24.3 Å². The molecular weight excluding hydrogens is 317 g/mol. The molecule has 0 aromatic carbocycles. The minimum absolute atomic E-state index is 0.00421. The minimum Gasteiger partial charge on any atom is -0.481 e. The van der Waals surface area contributed by atoms with E-state index in [1.54, 1.807) is 6.07 Å². The van der Waals surface area contributed by atoms with E-state index in [0.29, 0.717) is 11.4 Å². The summed E-state index contributed by atoms with van der Waals surface area (Å²) in [6.45, 7) is 0. The zero-order valence-electron chi connectivity index (χ0n) is 10.5. The third-order valence-corrected chi connectivity index (χ3v) is 2.97. The van der Waals surface area contributed by atoms with E-state index in [9.17, 15) is 9.59 Å². The van der Waals surface area contributed by atoms with Gasteiger partial charge in [-0.2, -0.15) is 0 Å². The van der Waals surface area contributed by atoms with Crippen LogP contribution in [0.1, 0.15) is 16.1 Å². The molecule has 108 valence electrons. The monoisotopic (exact) mass is 325 g/mol. The smallest absolute Gasteiger partial charge is 0.309 e. The molecule has 1 amide bonds. The van der Waals surface area contributed by atoms with Crippen molar-refractivity contribution in [1.29, 1.82) is 0 Å². The second-order valence-electron chi connectivity index (χ2n) is 4.04. The fraction of sp³-hybridized carbons (Fsp3) is 0.0769. The van der Waals surface area contributed by atoms with Gasteiger partial charge in [-0.3, -0.25) is 14.6 Å². The molecule has 0 saturated carbocycles. The van der Waals surface area contributed by atoms with Crippen LogP contribution in [-0.4, -0.2) is 27.0 Å². The topological polar surface area (TPSA) is 92.2 Å². The average molecular weight is 326 g/mol. The van der Waals surface area contributed by atoms with Crippen LogP contribution in [0.5, 0.6) is 0 Å². The molecule has 8 heteroatoms. The van der Waals surface area contributed by atoms with Gasteiger partial charge in [-0.25, -0.2) is 4.98 Å². The fourth-order valence-electron chi connectivity index (χ4n) is 1.54. The van der Waals surface area contributed by atoms with E-state index in [4.69, 9.17) is 28.3 Å².